The van der Waals surface area contributed by atoms with Gasteiger partial charge in [-0.1, -0.05) is 35.9 Å². The Hall–Kier alpha value is -2.59. The van der Waals surface area contributed by atoms with E-state index in [9.17, 15) is 4.79 Å². The Morgan fingerprint density at radius 2 is 1.91 bits per heavy atom. The van der Waals surface area contributed by atoms with Crippen LogP contribution in [-0.4, -0.2) is 15.8 Å². The van der Waals surface area contributed by atoms with Crippen molar-refractivity contribution in [3.63, 3.8) is 0 Å². The number of aromatic nitrogens is 2. The van der Waals surface area contributed by atoms with Crippen LogP contribution in [-0.2, 0) is 0 Å². The number of hydrogen-bond acceptors (Lipinski definition) is 4. The third-order valence-electron chi connectivity index (χ3n) is 3.43. The monoisotopic (exact) mass is 320 g/mol. The summed E-state index contributed by atoms with van der Waals surface area (Å²) in [4.78, 5) is 21.7. The van der Waals surface area contributed by atoms with Gasteiger partial charge in [-0.25, -0.2) is 4.98 Å². The summed E-state index contributed by atoms with van der Waals surface area (Å²) >= 11 is 1.41. The minimum atomic E-state index is -0.0179. The van der Waals surface area contributed by atoms with E-state index in [2.05, 4.69) is 9.97 Å². The normalized spacial score (nSPS) is 11.0. The van der Waals surface area contributed by atoms with E-state index in [1.54, 1.807) is 18.5 Å². The Balaban J connectivity index is 1.83. The van der Waals surface area contributed by atoms with Crippen LogP contribution in [0.4, 0.5) is 0 Å². The molecule has 0 spiro atoms. The van der Waals surface area contributed by atoms with E-state index in [4.69, 9.17) is 0 Å². The van der Waals surface area contributed by atoms with Gasteiger partial charge in [0.2, 0.25) is 0 Å². The molecule has 0 amide bonds. The molecule has 0 radical (unpaired) electrons. The van der Waals surface area contributed by atoms with Crippen molar-refractivity contribution >= 4 is 23.2 Å². The molecule has 0 aliphatic heterocycles. The van der Waals surface area contributed by atoms with Gasteiger partial charge >= 0.3 is 0 Å². The molecule has 0 atom stereocenters. The fourth-order valence-electron chi connectivity index (χ4n) is 2.16. The summed E-state index contributed by atoms with van der Waals surface area (Å²) in [6.07, 6.45) is 6.93. The van der Waals surface area contributed by atoms with Crippen molar-refractivity contribution in [2.24, 2.45) is 0 Å². The average Bonchev–Trinajstić information content (AvgIpc) is 2.97. The van der Waals surface area contributed by atoms with Gasteiger partial charge in [-0.05, 0) is 37.6 Å². The molecule has 0 saturated heterocycles. The molecule has 0 aliphatic rings. The minimum Gasteiger partial charge on any atom is -0.288 e. The van der Waals surface area contributed by atoms with Gasteiger partial charge in [-0.3, -0.25) is 9.78 Å². The third kappa shape index (κ3) is 3.60. The van der Waals surface area contributed by atoms with Crippen molar-refractivity contribution in [3.8, 4) is 10.6 Å². The maximum Gasteiger partial charge on any atom is 0.197 e. The summed E-state index contributed by atoms with van der Waals surface area (Å²) in [5.41, 5.74) is 3.90. The number of hydrogen-bond donors (Lipinski definition) is 0. The molecule has 2 aromatic heterocycles. The van der Waals surface area contributed by atoms with Gasteiger partial charge in [0, 0.05) is 18.0 Å². The topological polar surface area (TPSA) is 42.9 Å². The van der Waals surface area contributed by atoms with Gasteiger partial charge in [0.25, 0.3) is 0 Å². The zero-order valence-electron chi connectivity index (χ0n) is 13.0. The number of pyridine rings is 1. The van der Waals surface area contributed by atoms with Crippen molar-refractivity contribution < 1.29 is 4.79 Å². The van der Waals surface area contributed by atoms with Crippen molar-refractivity contribution in [1.29, 1.82) is 0 Å². The number of ketones is 1. The Morgan fingerprint density at radius 1 is 1.13 bits per heavy atom. The third-order valence-corrected chi connectivity index (χ3v) is 4.65. The van der Waals surface area contributed by atoms with Crippen LogP contribution >= 0.6 is 11.3 Å². The van der Waals surface area contributed by atoms with E-state index < -0.39 is 0 Å². The van der Waals surface area contributed by atoms with Crippen LogP contribution in [0.15, 0.2) is 54.9 Å². The van der Waals surface area contributed by atoms with Crippen molar-refractivity contribution in [1.82, 2.24) is 9.97 Å². The molecule has 2 heterocycles. The highest BCUT2D eigenvalue weighted by Crippen LogP contribution is 2.27. The van der Waals surface area contributed by atoms with Crippen LogP contribution in [0.5, 0.6) is 0 Å². The smallest absolute Gasteiger partial charge is 0.197 e. The predicted molar refractivity (Wildman–Crippen MR) is 94.6 cm³/mol. The molecular weight excluding hydrogens is 304 g/mol. The maximum absolute atomic E-state index is 12.4. The van der Waals surface area contributed by atoms with E-state index in [0.29, 0.717) is 4.88 Å². The van der Waals surface area contributed by atoms with Crippen molar-refractivity contribution in [3.05, 3.63) is 76.6 Å². The molecule has 4 heteroatoms. The van der Waals surface area contributed by atoms with Gasteiger partial charge in [0.1, 0.15) is 5.01 Å². The number of aryl methyl sites for hydroxylation is 2. The molecule has 3 rings (SSSR count). The quantitative estimate of drug-likeness (QED) is 0.516. The fraction of sp³-hybridized carbons (Fsp3) is 0.105. The maximum atomic E-state index is 12.4. The summed E-state index contributed by atoms with van der Waals surface area (Å²) in [7, 11) is 0. The fourth-order valence-corrected chi connectivity index (χ4v) is 3.14. The van der Waals surface area contributed by atoms with Crippen LogP contribution in [0, 0.1) is 13.8 Å². The SMILES string of the molecule is Cc1ccc(/C=C\C(=O)c2sc(-c3cccnc3)nc2C)cc1. The standard InChI is InChI=1S/C19H16N2OS/c1-13-5-7-15(8-6-13)9-10-17(22)18-14(2)21-19(23-18)16-4-3-11-20-12-16/h3-12H,1-2H3/b10-9-. The summed E-state index contributed by atoms with van der Waals surface area (Å²) in [5.74, 6) is -0.0179. The molecule has 0 N–H and O–H groups in total. The highest BCUT2D eigenvalue weighted by atomic mass is 32.1. The number of thiazole rings is 1. The van der Waals surface area contributed by atoms with E-state index in [-0.39, 0.29) is 5.78 Å². The molecule has 0 fully saturated rings. The van der Waals surface area contributed by atoms with Gasteiger partial charge in [-0.2, -0.15) is 0 Å². The molecule has 23 heavy (non-hydrogen) atoms. The van der Waals surface area contributed by atoms with Crippen LogP contribution in [0.1, 0.15) is 26.5 Å². The second kappa shape index (κ2) is 6.67. The zero-order valence-corrected chi connectivity index (χ0v) is 13.8. The van der Waals surface area contributed by atoms with E-state index in [1.807, 2.05) is 56.3 Å². The lowest BCUT2D eigenvalue weighted by Crippen LogP contribution is -1.93. The predicted octanol–water partition coefficient (Wildman–Crippen LogP) is 4.72. The summed E-state index contributed by atoms with van der Waals surface area (Å²) in [5, 5.41) is 0.822. The van der Waals surface area contributed by atoms with Crippen molar-refractivity contribution in [2.45, 2.75) is 13.8 Å². The number of benzene rings is 1. The Kier molecular flexibility index (Phi) is 4.44. The lowest BCUT2D eigenvalue weighted by Gasteiger charge is -1.95. The number of carbonyl (C=O) groups excluding carboxylic acids is 1. The largest absolute Gasteiger partial charge is 0.288 e. The molecule has 0 bridgehead atoms. The molecule has 0 unspecified atom stereocenters. The molecule has 3 nitrogen and oxygen atoms in total. The zero-order chi connectivity index (χ0) is 16.2. The highest BCUT2D eigenvalue weighted by Gasteiger charge is 2.14. The van der Waals surface area contributed by atoms with E-state index in [1.165, 1.54) is 16.9 Å². The average molecular weight is 320 g/mol. The summed E-state index contributed by atoms with van der Waals surface area (Å²) in [6.45, 7) is 3.91. The van der Waals surface area contributed by atoms with Crippen LogP contribution < -0.4 is 0 Å². The molecule has 0 saturated carbocycles. The first-order valence-electron chi connectivity index (χ1n) is 7.30. The van der Waals surface area contributed by atoms with Gasteiger partial charge < -0.3 is 0 Å². The van der Waals surface area contributed by atoms with E-state index >= 15 is 0 Å². The lowest BCUT2D eigenvalue weighted by atomic mass is 10.1. The number of allylic oxidation sites excluding steroid dienone is 1. The Labute approximate surface area is 139 Å². The lowest BCUT2D eigenvalue weighted by molar-refractivity contribution is 0.105. The van der Waals surface area contributed by atoms with Crippen LogP contribution in [0.25, 0.3) is 16.6 Å². The Morgan fingerprint density at radius 3 is 2.61 bits per heavy atom. The molecule has 0 aliphatic carbocycles. The van der Waals surface area contributed by atoms with Crippen molar-refractivity contribution in [2.75, 3.05) is 0 Å². The second-order valence-electron chi connectivity index (χ2n) is 5.28. The first-order chi connectivity index (χ1) is 11.1. The number of rotatable bonds is 4. The number of carbonyl (C=O) groups is 1. The van der Waals surface area contributed by atoms with Crippen LogP contribution in [0.3, 0.4) is 0 Å². The summed E-state index contributed by atoms with van der Waals surface area (Å²) in [6, 6.07) is 11.9. The summed E-state index contributed by atoms with van der Waals surface area (Å²) < 4.78 is 0. The number of nitrogens with zero attached hydrogens (tertiary/aromatic N) is 2. The van der Waals surface area contributed by atoms with Gasteiger partial charge in [0.15, 0.2) is 5.78 Å². The van der Waals surface area contributed by atoms with Crippen LogP contribution in [0.2, 0.25) is 0 Å². The van der Waals surface area contributed by atoms with Gasteiger partial charge in [0.05, 0.1) is 10.6 Å². The molecule has 1 aromatic carbocycles. The minimum absolute atomic E-state index is 0.0179. The molecule has 114 valence electrons. The molecule has 3 aromatic rings. The first kappa shape index (κ1) is 15.3. The van der Waals surface area contributed by atoms with Gasteiger partial charge in [-0.15, -0.1) is 11.3 Å². The highest BCUT2D eigenvalue weighted by molar-refractivity contribution is 7.17. The molecular formula is C19H16N2OS. The first-order valence-corrected chi connectivity index (χ1v) is 8.12. The van der Waals surface area contributed by atoms with E-state index in [0.717, 1.165) is 21.8 Å². The Bertz CT molecular complexity index is 849. The second-order valence-corrected chi connectivity index (χ2v) is 6.28.